The highest BCUT2D eigenvalue weighted by Gasteiger charge is 2.36. The second-order valence-electron chi connectivity index (χ2n) is 15.3. The van der Waals surface area contributed by atoms with E-state index < -0.39 is 0 Å². The van der Waals surface area contributed by atoms with Crippen molar-refractivity contribution in [3.05, 3.63) is 223 Å². The van der Waals surface area contributed by atoms with Crippen LogP contribution in [0.1, 0.15) is 25.0 Å². The van der Waals surface area contributed by atoms with Crippen LogP contribution in [0.2, 0.25) is 0 Å². The van der Waals surface area contributed by atoms with Gasteiger partial charge in [-0.1, -0.05) is 190 Å². The Morgan fingerprint density at radius 1 is 0.321 bits per heavy atom. The van der Waals surface area contributed by atoms with Gasteiger partial charge in [0.25, 0.3) is 0 Å². The van der Waals surface area contributed by atoms with Crippen LogP contribution in [0.25, 0.3) is 66.4 Å². The molecule has 0 heterocycles. The van der Waals surface area contributed by atoms with Gasteiger partial charge in [-0.3, -0.25) is 0 Å². The molecule has 1 aliphatic rings. The van der Waals surface area contributed by atoms with Crippen molar-refractivity contribution in [3.8, 4) is 55.6 Å². The van der Waals surface area contributed by atoms with Crippen molar-refractivity contribution in [1.29, 1.82) is 0 Å². The summed E-state index contributed by atoms with van der Waals surface area (Å²) in [5.74, 6) is 0. The largest absolute Gasteiger partial charge is 0.310 e. The van der Waals surface area contributed by atoms with Gasteiger partial charge in [-0.15, -0.1) is 0 Å². The molecule has 1 aliphatic carbocycles. The second kappa shape index (κ2) is 13.7. The molecule has 1 heteroatoms. The zero-order valence-corrected chi connectivity index (χ0v) is 31.7. The van der Waals surface area contributed by atoms with Gasteiger partial charge in [-0.05, 0) is 108 Å². The number of fused-ring (bicyclic) bond motifs is 4. The van der Waals surface area contributed by atoms with Gasteiger partial charge in [0.1, 0.15) is 0 Å². The van der Waals surface area contributed by atoms with Crippen LogP contribution in [0.15, 0.2) is 212 Å². The van der Waals surface area contributed by atoms with Gasteiger partial charge < -0.3 is 4.90 Å². The summed E-state index contributed by atoms with van der Waals surface area (Å²) < 4.78 is 0. The minimum Gasteiger partial charge on any atom is -0.310 e. The molecule has 0 N–H and O–H groups in total. The predicted molar refractivity (Wildman–Crippen MR) is 238 cm³/mol. The lowest BCUT2D eigenvalue weighted by atomic mass is 9.82. The van der Waals surface area contributed by atoms with Crippen LogP contribution in [-0.2, 0) is 5.41 Å². The summed E-state index contributed by atoms with van der Waals surface area (Å²) in [5, 5.41) is 2.45. The van der Waals surface area contributed by atoms with Gasteiger partial charge in [0.2, 0.25) is 0 Å². The standard InChI is InChI=1S/C55H41N/c1-55(2)51-26-14-13-24-48(51)49-35-34-45(37-52(49)55)56(44-32-30-40(31-33-44)38-16-5-3-6-17-38)53-27-15-25-50(47-23-12-11-22-46(47)41-19-7-4-8-20-41)54(53)43-29-28-39-18-9-10-21-42(39)36-43/h3-37H,1-2H3. The molecule has 0 bridgehead atoms. The maximum absolute atomic E-state index is 2.48. The lowest BCUT2D eigenvalue weighted by molar-refractivity contribution is 0.660. The summed E-state index contributed by atoms with van der Waals surface area (Å²) in [7, 11) is 0. The molecule has 1 nitrogen and oxygen atoms in total. The molecule has 10 rings (SSSR count). The Morgan fingerprint density at radius 3 is 1.64 bits per heavy atom. The maximum Gasteiger partial charge on any atom is 0.0546 e. The highest BCUT2D eigenvalue weighted by atomic mass is 15.1. The van der Waals surface area contributed by atoms with Crippen molar-refractivity contribution in [1.82, 2.24) is 0 Å². The van der Waals surface area contributed by atoms with E-state index in [1.165, 1.54) is 77.5 Å². The number of hydrogen-bond acceptors (Lipinski definition) is 1. The zero-order valence-electron chi connectivity index (χ0n) is 31.7. The van der Waals surface area contributed by atoms with E-state index in [1.807, 2.05) is 0 Å². The van der Waals surface area contributed by atoms with Gasteiger partial charge in [-0.2, -0.15) is 0 Å². The predicted octanol–water partition coefficient (Wildman–Crippen LogP) is 15.3. The zero-order chi connectivity index (χ0) is 37.6. The van der Waals surface area contributed by atoms with Gasteiger partial charge >= 0.3 is 0 Å². The van der Waals surface area contributed by atoms with Crippen molar-refractivity contribution < 1.29 is 0 Å². The molecule has 56 heavy (non-hydrogen) atoms. The molecule has 0 amide bonds. The van der Waals surface area contributed by atoms with Crippen LogP contribution < -0.4 is 4.90 Å². The molecule has 0 unspecified atom stereocenters. The highest BCUT2D eigenvalue weighted by molar-refractivity contribution is 6.02. The average Bonchev–Trinajstić information content (AvgIpc) is 3.49. The molecule has 0 aliphatic heterocycles. The first-order valence-electron chi connectivity index (χ1n) is 19.5. The van der Waals surface area contributed by atoms with E-state index in [9.17, 15) is 0 Å². The van der Waals surface area contributed by atoms with Gasteiger partial charge in [0, 0.05) is 22.4 Å². The van der Waals surface area contributed by atoms with E-state index in [0.29, 0.717) is 0 Å². The van der Waals surface area contributed by atoms with Crippen LogP contribution in [0, 0.1) is 0 Å². The first-order valence-corrected chi connectivity index (χ1v) is 19.5. The molecule has 9 aromatic rings. The minimum absolute atomic E-state index is 0.136. The number of anilines is 3. The first kappa shape index (κ1) is 33.6. The summed E-state index contributed by atoms with van der Waals surface area (Å²) in [6.45, 7) is 4.73. The summed E-state index contributed by atoms with van der Waals surface area (Å²) >= 11 is 0. The molecule has 266 valence electrons. The molecule has 0 radical (unpaired) electrons. The quantitative estimate of drug-likeness (QED) is 0.159. The van der Waals surface area contributed by atoms with Gasteiger partial charge in [-0.25, -0.2) is 0 Å². The number of nitrogens with zero attached hydrogens (tertiary/aromatic N) is 1. The fourth-order valence-corrected chi connectivity index (χ4v) is 8.88. The normalized spacial score (nSPS) is 12.6. The van der Waals surface area contributed by atoms with Crippen LogP contribution in [0.3, 0.4) is 0 Å². The summed E-state index contributed by atoms with van der Waals surface area (Å²) in [4.78, 5) is 2.48. The topological polar surface area (TPSA) is 3.24 Å². The molecule has 0 spiro atoms. The van der Waals surface area contributed by atoms with Crippen molar-refractivity contribution in [3.63, 3.8) is 0 Å². The van der Waals surface area contributed by atoms with Crippen molar-refractivity contribution in [2.45, 2.75) is 19.3 Å². The van der Waals surface area contributed by atoms with Crippen molar-refractivity contribution in [2.75, 3.05) is 4.90 Å². The van der Waals surface area contributed by atoms with Crippen LogP contribution >= 0.6 is 0 Å². The molecule has 0 aromatic heterocycles. The van der Waals surface area contributed by atoms with E-state index >= 15 is 0 Å². The van der Waals surface area contributed by atoms with Crippen LogP contribution in [0.5, 0.6) is 0 Å². The third kappa shape index (κ3) is 5.72. The highest BCUT2D eigenvalue weighted by Crippen LogP contribution is 2.52. The Kier molecular flexibility index (Phi) is 8.23. The van der Waals surface area contributed by atoms with E-state index in [4.69, 9.17) is 0 Å². The molecule has 0 saturated heterocycles. The van der Waals surface area contributed by atoms with E-state index in [-0.39, 0.29) is 5.41 Å². The minimum atomic E-state index is -0.136. The molecule has 0 atom stereocenters. The SMILES string of the molecule is CC1(C)c2ccccc2-c2ccc(N(c3ccc(-c4ccccc4)cc3)c3cccc(-c4ccccc4-c4ccccc4)c3-c3ccc4ccccc4c3)cc21. The Hall–Kier alpha value is -6.96. The third-order valence-electron chi connectivity index (χ3n) is 11.7. The summed E-state index contributed by atoms with van der Waals surface area (Å²) in [6, 6.07) is 77.8. The maximum atomic E-state index is 2.48. The number of hydrogen-bond donors (Lipinski definition) is 0. The van der Waals surface area contributed by atoms with Crippen molar-refractivity contribution >= 4 is 27.8 Å². The fraction of sp³-hybridized carbons (Fsp3) is 0.0545. The molecule has 0 fully saturated rings. The lowest BCUT2D eigenvalue weighted by Gasteiger charge is -2.31. The molecular formula is C55H41N. The summed E-state index contributed by atoms with van der Waals surface area (Å²) in [6.07, 6.45) is 0. The van der Waals surface area contributed by atoms with Crippen molar-refractivity contribution in [2.24, 2.45) is 0 Å². The fourth-order valence-electron chi connectivity index (χ4n) is 8.88. The Labute approximate surface area is 329 Å². The second-order valence-corrected chi connectivity index (χ2v) is 15.3. The summed E-state index contributed by atoms with van der Waals surface area (Å²) in [5.41, 5.74) is 18.2. The van der Waals surface area contributed by atoms with Gasteiger partial charge in [0.15, 0.2) is 0 Å². The van der Waals surface area contributed by atoms with Crippen LogP contribution in [-0.4, -0.2) is 0 Å². The lowest BCUT2D eigenvalue weighted by Crippen LogP contribution is -2.17. The molecule has 0 saturated carbocycles. The van der Waals surface area contributed by atoms with Gasteiger partial charge in [0.05, 0.1) is 5.69 Å². The van der Waals surface area contributed by atoms with E-state index in [1.54, 1.807) is 0 Å². The van der Waals surface area contributed by atoms with E-state index in [2.05, 4.69) is 231 Å². The third-order valence-corrected chi connectivity index (χ3v) is 11.7. The number of rotatable bonds is 7. The van der Waals surface area contributed by atoms with E-state index in [0.717, 1.165) is 17.1 Å². The average molecular weight is 716 g/mol. The Bertz CT molecular complexity index is 2870. The molecule has 9 aromatic carbocycles. The number of benzene rings is 9. The first-order chi connectivity index (χ1) is 27.5. The Morgan fingerprint density at radius 2 is 0.875 bits per heavy atom. The smallest absolute Gasteiger partial charge is 0.0546 e. The monoisotopic (exact) mass is 715 g/mol. The molecular weight excluding hydrogens is 675 g/mol. The Balaban J connectivity index is 1.25. The van der Waals surface area contributed by atoms with Crippen LogP contribution in [0.4, 0.5) is 17.1 Å².